The van der Waals surface area contributed by atoms with Crippen LogP contribution in [0.4, 0.5) is 5.00 Å². The van der Waals surface area contributed by atoms with Crippen molar-refractivity contribution in [2.45, 2.75) is 32.6 Å². The van der Waals surface area contributed by atoms with Gasteiger partial charge in [-0.2, -0.15) is 5.26 Å². The maximum atomic E-state index is 12.5. The Bertz CT molecular complexity index is 1010. The van der Waals surface area contributed by atoms with Crippen LogP contribution in [0.1, 0.15) is 35.0 Å². The number of nitrogens with zero attached hydrogens (tertiary/aromatic N) is 2. The Morgan fingerprint density at radius 2 is 2.19 bits per heavy atom. The maximum Gasteiger partial charge on any atom is 0.231 e. The Hall–Kier alpha value is -2.49. The first kappa shape index (κ1) is 17.9. The van der Waals surface area contributed by atoms with E-state index in [2.05, 4.69) is 23.3 Å². The van der Waals surface area contributed by atoms with E-state index in [1.165, 1.54) is 4.88 Å². The first-order valence-electron chi connectivity index (χ1n) is 8.98. The second-order valence-corrected chi connectivity index (χ2v) is 8.87. The average Bonchev–Trinajstić information content (AvgIpc) is 3.26. The van der Waals surface area contributed by atoms with E-state index in [0.717, 1.165) is 41.1 Å². The van der Waals surface area contributed by atoms with Crippen LogP contribution >= 0.6 is 22.7 Å². The molecule has 0 bridgehead atoms. The van der Waals surface area contributed by atoms with Gasteiger partial charge in [0.15, 0.2) is 0 Å². The summed E-state index contributed by atoms with van der Waals surface area (Å²) in [6.45, 7) is 2.24. The van der Waals surface area contributed by atoms with Gasteiger partial charge in [-0.15, -0.1) is 22.7 Å². The van der Waals surface area contributed by atoms with Crippen molar-refractivity contribution in [2.24, 2.45) is 5.92 Å². The third-order valence-corrected chi connectivity index (χ3v) is 6.90. The minimum atomic E-state index is -0.122. The number of thiophene rings is 1. The van der Waals surface area contributed by atoms with E-state index in [0.29, 0.717) is 16.5 Å². The molecule has 2 aromatic heterocycles. The molecule has 0 fully saturated rings. The van der Waals surface area contributed by atoms with E-state index in [1.54, 1.807) is 22.7 Å². The molecule has 136 valence electrons. The second kappa shape index (κ2) is 7.63. The monoisotopic (exact) mass is 393 g/mol. The highest BCUT2D eigenvalue weighted by Gasteiger charge is 2.24. The van der Waals surface area contributed by atoms with E-state index in [4.69, 9.17) is 0 Å². The molecule has 1 aromatic carbocycles. The summed E-state index contributed by atoms with van der Waals surface area (Å²) in [7, 11) is 0. The molecule has 1 atom stereocenters. The van der Waals surface area contributed by atoms with Crippen molar-refractivity contribution in [3.63, 3.8) is 0 Å². The van der Waals surface area contributed by atoms with Crippen LogP contribution in [0.25, 0.3) is 10.6 Å². The van der Waals surface area contributed by atoms with Crippen LogP contribution in [0.5, 0.6) is 0 Å². The lowest BCUT2D eigenvalue weighted by Gasteiger charge is -2.17. The molecule has 4 nitrogen and oxygen atoms in total. The molecule has 0 spiro atoms. The number of benzene rings is 1. The summed E-state index contributed by atoms with van der Waals surface area (Å²) >= 11 is 3.10. The van der Waals surface area contributed by atoms with Crippen molar-refractivity contribution in [3.05, 3.63) is 57.4 Å². The van der Waals surface area contributed by atoms with Crippen LogP contribution in [0.3, 0.4) is 0 Å². The average molecular weight is 394 g/mol. The number of nitriles is 1. The molecule has 6 heteroatoms. The lowest BCUT2D eigenvalue weighted by Crippen LogP contribution is -2.14. The predicted molar refractivity (Wildman–Crippen MR) is 110 cm³/mol. The van der Waals surface area contributed by atoms with E-state index in [-0.39, 0.29) is 12.3 Å². The van der Waals surface area contributed by atoms with Gasteiger partial charge in [0.1, 0.15) is 16.1 Å². The SMILES string of the molecule is CC1CCc2c(sc(NC(=O)Cc3csc(-c4ccccc4)n3)c2C#N)C1. The Morgan fingerprint density at radius 3 is 2.96 bits per heavy atom. The number of aromatic nitrogens is 1. The molecule has 1 N–H and O–H groups in total. The van der Waals surface area contributed by atoms with Crippen LogP contribution in [-0.2, 0) is 24.1 Å². The standard InChI is InChI=1S/C21H19N3OS2/c1-13-7-8-16-17(11-22)21(27-18(16)9-13)24-19(25)10-15-12-26-20(23-15)14-5-3-2-4-6-14/h2-6,12-13H,7-10H2,1H3,(H,24,25). The van der Waals surface area contributed by atoms with Crippen LogP contribution in [0, 0.1) is 17.2 Å². The van der Waals surface area contributed by atoms with Crippen molar-refractivity contribution < 1.29 is 4.79 Å². The molecule has 1 amide bonds. The van der Waals surface area contributed by atoms with Gasteiger partial charge < -0.3 is 5.32 Å². The van der Waals surface area contributed by atoms with Crippen molar-refractivity contribution in [3.8, 4) is 16.6 Å². The highest BCUT2D eigenvalue weighted by Crippen LogP contribution is 2.39. The Kier molecular flexibility index (Phi) is 5.06. The number of anilines is 1. The number of hydrogen-bond acceptors (Lipinski definition) is 5. The molecule has 1 aliphatic carbocycles. The van der Waals surface area contributed by atoms with Gasteiger partial charge in [0.2, 0.25) is 5.91 Å². The Balaban J connectivity index is 1.48. The predicted octanol–water partition coefficient (Wildman–Crippen LogP) is 5.05. The fourth-order valence-corrected chi connectivity index (χ4v) is 5.60. The molecule has 0 radical (unpaired) electrons. The number of nitrogens with one attached hydrogen (secondary N) is 1. The molecule has 0 aliphatic heterocycles. The van der Waals surface area contributed by atoms with E-state index >= 15 is 0 Å². The molecule has 2 heterocycles. The summed E-state index contributed by atoms with van der Waals surface area (Å²) in [5.41, 5.74) is 3.60. The quantitative estimate of drug-likeness (QED) is 0.674. The Morgan fingerprint density at radius 1 is 1.37 bits per heavy atom. The van der Waals surface area contributed by atoms with Crippen LogP contribution in [-0.4, -0.2) is 10.9 Å². The van der Waals surface area contributed by atoms with Gasteiger partial charge in [0.05, 0.1) is 17.7 Å². The van der Waals surface area contributed by atoms with E-state index in [1.807, 2.05) is 35.7 Å². The number of amides is 1. The molecule has 27 heavy (non-hydrogen) atoms. The van der Waals surface area contributed by atoms with Gasteiger partial charge in [0, 0.05) is 15.8 Å². The third kappa shape index (κ3) is 3.80. The summed E-state index contributed by atoms with van der Waals surface area (Å²) in [6, 6.07) is 12.2. The molecule has 0 saturated heterocycles. The van der Waals surface area contributed by atoms with Gasteiger partial charge in [0.25, 0.3) is 0 Å². The van der Waals surface area contributed by atoms with Gasteiger partial charge in [-0.05, 0) is 30.7 Å². The van der Waals surface area contributed by atoms with Crippen molar-refractivity contribution >= 4 is 33.6 Å². The van der Waals surface area contributed by atoms with E-state index in [9.17, 15) is 10.1 Å². The van der Waals surface area contributed by atoms with E-state index < -0.39 is 0 Å². The number of carbonyl (C=O) groups excluding carboxylic acids is 1. The summed E-state index contributed by atoms with van der Waals surface area (Å²) in [5.74, 6) is 0.515. The highest BCUT2D eigenvalue weighted by molar-refractivity contribution is 7.16. The van der Waals surface area contributed by atoms with Gasteiger partial charge in [-0.1, -0.05) is 37.3 Å². The summed E-state index contributed by atoms with van der Waals surface area (Å²) in [4.78, 5) is 18.4. The fourth-order valence-electron chi connectivity index (χ4n) is 3.39. The molecule has 3 aromatic rings. The summed E-state index contributed by atoms with van der Waals surface area (Å²) in [5, 5.41) is 16.0. The van der Waals surface area contributed by atoms with Gasteiger partial charge in [-0.3, -0.25) is 4.79 Å². The third-order valence-electron chi connectivity index (χ3n) is 4.79. The zero-order valence-corrected chi connectivity index (χ0v) is 16.6. The first-order valence-corrected chi connectivity index (χ1v) is 10.7. The molecular formula is C21H19N3OS2. The number of carbonyl (C=O) groups is 1. The van der Waals surface area contributed by atoms with Crippen molar-refractivity contribution in [1.82, 2.24) is 4.98 Å². The molecule has 0 saturated carbocycles. The van der Waals surface area contributed by atoms with Gasteiger partial charge in [-0.25, -0.2) is 4.98 Å². The molecular weight excluding hydrogens is 374 g/mol. The zero-order chi connectivity index (χ0) is 18.8. The van der Waals surface area contributed by atoms with Crippen molar-refractivity contribution in [2.75, 3.05) is 5.32 Å². The number of fused-ring (bicyclic) bond motifs is 1. The van der Waals surface area contributed by atoms with Crippen molar-refractivity contribution in [1.29, 1.82) is 5.26 Å². The maximum absolute atomic E-state index is 12.5. The number of hydrogen-bond donors (Lipinski definition) is 1. The second-order valence-electron chi connectivity index (χ2n) is 6.90. The smallest absolute Gasteiger partial charge is 0.231 e. The zero-order valence-electron chi connectivity index (χ0n) is 15.0. The normalized spacial score (nSPS) is 15.8. The number of thiazole rings is 1. The number of rotatable bonds is 4. The lowest BCUT2D eigenvalue weighted by atomic mass is 9.89. The minimum Gasteiger partial charge on any atom is -0.316 e. The highest BCUT2D eigenvalue weighted by atomic mass is 32.1. The topological polar surface area (TPSA) is 65.8 Å². The van der Waals surface area contributed by atoms with Crippen LogP contribution in [0.2, 0.25) is 0 Å². The molecule has 1 unspecified atom stereocenters. The van der Waals surface area contributed by atoms with Crippen LogP contribution < -0.4 is 5.32 Å². The minimum absolute atomic E-state index is 0.122. The summed E-state index contributed by atoms with van der Waals surface area (Å²) in [6.07, 6.45) is 3.25. The molecule has 1 aliphatic rings. The molecule has 4 rings (SSSR count). The van der Waals surface area contributed by atoms with Crippen LogP contribution in [0.15, 0.2) is 35.7 Å². The summed E-state index contributed by atoms with van der Waals surface area (Å²) < 4.78 is 0. The van der Waals surface area contributed by atoms with Gasteiger partial charge >= 0.3 is 0 Å². The lowest BCUT2D eigenvalue weighted by molar-refractivity contribution is -0.115. The Labute approximate surface area is 166 Å². The first-order chi connectivity index (χ1) is 13.1. The largest absolute Gasteiger partial charge is 0.316 e. The fraction of sp³-hybridized carbons (Fsp3) is 0.286.